The van der Waals surface area contributed by atoms with Crippen molar-refractivity contribution in [2.24, 2.45) is 0 Å². The molecule has 0 atom stereocenters. The molecule has 1 N–H and O–H groups in total. The van der Waals surface area contributed by atoms with E-state index >= 15 is 0 Å². The van der Waals surface area contributed by atoms with Crippen molar-refractivity contribution in [2.75, 3.05) is 26.2 Å². The molecule has 3 heterocycles. The minimum atomic E-state index is -0.0875. The molecule has 2 aromatic heterocycles. The Labute approximate surface area is 159 Å². The van der Waals surface area contributed by atoms with E-state index in [1.54, 1.807) is 10.7 Å². The lowest BCUT2D eigenvalue weighted by atomic mass is 10.1. The van der Waals surface area contributed by atoms with Crippen LogP contribution in [0.5, 0.6) is 0 Å². The first-order valence-corrected chi connectivity index (χ1v) is 9.56. The summed E-state index contributed by atoms with van der Waals surface area (Å²) >= 11 is 0. The fraction of sp³-hybridized carbons (Fsp3) is 0.381. The number of nitrogens with one attached hydrogen (secondary N) is 1. The van der Waals surface area contributed by atoms with Gasteiger partial charge in [-0.05, 0) is 45.3 Å². The zero-order valence-electron chi connectivity index (χ0n) is 15.9. The predicted molar refractivity (Wildman–Crippen MR) is 106 cm³/mol. The number of carbonyl (C=O) groups excluding carboxylic acids is 1. The summed E-state index contributed by atoms with van der Waals surface area (Å²) < 4.78 is 1.78. The van der Waals surface area contributed by atoms with Gasteiger partial charge < -0.3 is 10.2 Å². The molecule has 4 rings (SSSR count). The molecule has 6 heteroatoms. The molecule has 1 aliphatic rings. The second kappa shape index (κ2) is 7.48. The fourth-order valence-electron chi connectivity index (χ4n) is 3.80. The number of benzene rings is 1. The first-order valence-electron chi connectivity index (χ1n) is 9.56. The lowest BCUT2D eigenvalue weighted by Crippen LogP contribution is -2.34. The number of hydrogen-bond donors (Lipinski definition) is 1. The van der Waals surface area contributed by atoms with Crippen LogP contribution in [0.4, 0.5) is 0 Å². The van der Waals surface area contributed by atoms with E-state index in [4.69, 9.17) is 0 Å². The maximum Gasteiger partial charge on any atom is 0.254 e. The Balaban J connectivity index is 1.58. The van der Waals surface area contributed by atoms with Crippen molar-refractivity contribution in [3.8, 4) is 11.1 Å². The fourth-order valence-corrected chi connectivity index (χ4v) is 3.80. The van der Waals surface area contributed by atoms with Gasteiger partial charge >= 0.3 is 0 Å². The van der Waals surface area contributed by atoms with Gasteiger partial charge in [0.2, 0.25) is 0 Å². The normalized spacial score (nSPS) is 14.7. The summed E-state index contributed by atoms with van der Waals surface area (Å²) in [5.41, 5.74) is 5.17. The second-order valence-corrected chi connectivity index (χ2v) is 7.12. The second-order valence-electron chi connectivity index (χ2n) is 7.12. The van der Waals surface area contributed by atoms with E-state index in [2.05, 4.69) is 32.4 Å². The lowest BCUT2D eigenvalue weighted by Gasteiger charge is -2.15. The van der Waals surface area contributed by atoms with Gasteiger partial charge in [-0.25, -0.2) is 9.50 Å². The Bertz CT molecular complexity index is 958. The van der Waals surface area contributed by atoms with Gasteiger partial charge in [0.1, 0.15) is 0 Å². The van der Waals surface area contributed by atoms with Crippen LogP contribution in [0.25, 0.3) is 16.8 Å². The third-order valence-corrected chi connectivity index (χ3v) is 5.28. The van der Waals surface area contributed by atoms with Crippen molar-refractivity contribution in [3.05, 3.63) is 53.5 Å². The first kappa shape index (κ1) is 17.7. The van der Waals surface area contributed by atoms with Crippen LogP contribution in [0.3, 0.4) is 0 Å². The number of rotatable bonds is 5. The minimum absolute atomic E-state index is 0.0875. The number of fused-ring (bicyclic) bond motifs is 1. The van der Waals surface area contributed by atoms with E-state index in [-0.39, 0.29) is 5.91 Å². The summed E-state index contributed by atoms with van der Waals surface area (Å²) in [4.78, 5) is 19.6. The average Bonchev–Trinajstić information content (AvgIpc) is 3.30. The van der Waals surface area contributed by atoms with Crippen molar-refractivity contribution in [2.45, 2.75) is 26.7 Å². The monoisotopic (exact) mass is 363 g/mol. The molecule has 1 saturated heterocycles. The van der Waals surface area contributed by atoms with Gasteiger partial charge in [0, 0.05) is 24.8 Å². The third-order valence-electron chi connectivity index (χ3n) is 5.28. The summed E-state index contributed by atoms with van der Waals surface area (Å²) in [6.07, 6.45) is 4.19. The highest BCUT2D eigenvalue weighted by Gasteiger charge is 2.19. The van der Waals surface area contributed by atoms with E-state index in [0.29, 0.717) is 12.1 Å². The Morgan fingerprint density at radius 1 is 1.15 bits per heavy atom. The molecule has 140 valence electrons. The van der Waals surface area contributed by atoms with Crippen molar-refractivity contribution >= 4 is 11.6 Å². The van der Waals surface area contributed by atoms with Crippen molar-refractivity contribution in [1.82, 2.24) is 24.8 Å². The molecule has 1 fully saturated rings. The zero-order valence-corrected chi connectivity index (χ0v) is 15.9. The average molecular weight is 363 g/mol. The number of amides is 1. The molecule has 3 aromatic rings. The molecule has 1 aliphatic heterocycles. The molecule has 0 radical (unpaired) electrons. The molecule has 6 nitrogen and oxygen atoms in total. The zero-order chi connectivity index (χ0) is 18.8. The number of carbonyl (C=O) groups is 1. The maximum absolute atomic E-state index is 12.6. The standard InChI is InChI=1S/C21H25N5O/c1-15-19(17-8-4-3-5-9-17)20-23-14-18(16(2)26(20)24-15)21(27)22-10-13-25-11-6-7-12-25/h3-5,8-9,14H,6-7,10-13H2,1-2H3,(H,22,27). The predicted octanol–water partition coefficient (Wildman–Crippen LogP) is 2.84. The van der Waals surface area contributed by atoms with Gasteiger partial charge in [-0.15, -0.1) is 0 Å². The smallest absolute Gasteiger partial charge is 0.254 e. The molecule has 1 aromatic carbocycles. The quantitative estimate of drug-likeness (QED) is 0.757. The Morgan fingerprint density at radius 3 is 2.63 bits per heavy atom. The van der Waals surface area contributed by atoms with Gasteiger partial charge in [-0.3, -0.25) is 4.79 Å². The van der Waals surface area contributed by atoms with Gasteiger partial charge in [0.15, 0.2) is 5.65 Å². The molecule has 0 saturated carbocycles. The van der Waals surface area contributed by atoms with E-state index in [0.717, 1.165) is 47.8 Å². The van der Waals surface area contributed by atoms with Gasteiger partial charge in [-0.2, -0.15) is 5.10 Å². The molecule has 0 aliphatic carbocycles. The number of hydrogen-bond acceptors (Lipinski definition) is 4. The maximum atomic E-state index is 12.6. The number of likely N-dealkylation sites (tertiary alicyclic amines) is 1. The molecular weight excluding hydrogens is 338 g/mol. The van der Waals surface area contributed by atoms with Crippen LogP contribution in [0.1, 0.15) is 34.6 Å². The van der Waals surface area contributed by atoms with Crippen molar-refractivity contribution < 1.29 is 4.79 Å². The number of nitrogens with zero attached hydrogens (tertiary/aromatic N) is 4. The van der Waals surface area contributed by atoms with Gasteiger partial charge in [0.05, 0.1) is 17.0 Å². The highest BCUT2D eigenvalue weighted by molar-refractivity contribution is 5.95. The van der Waals surface area contributed by atoms with Crippen molar-refractivity contribution in [3.63, 3.8) is 0 Å². The lowest BCUT2D eigenvalue weighted by molar-refractivity contribution is 0.0948. The Kier molecular flexibility index (Phi) is 4.90. The Hall–Kier alpha value is -2.73. The Morgan fingerprint density at radius 2 is 1.89 bits per heavy atom. The topological polar surface area (TPSA) is 62.5 Å². The summed E-state index contributed by atoms with van der Waals surface area (Å²) in [5.74, 6) is -0.0875. The molecule has 0 spiro atoms. The summed E-state index contributed by atoms with van der Waals surface area (Å²) in [7, 11) is 0. The highest BCUT2D eigenvalue weighted by atomic mass is 16.1. The van der Waals surface area contributed by atoms with E-state index in [9.17, 15) is 4.79 Å². The molecule has 0 unspecified atom stereocenters. The van der Waals surface area contributed by atoms with Crippen LogP contribution in [-0.2, 0) is 0 Å². The van der Waals surface area contributed by atoms with Gasteiger partial charge in [-0.1, -0.05) is 30.3 Å². The number of aryl methyl sites for hydroxylation is 2. The van der Waals surface area contributed by atoms with Crippen LogP contribution in [0.15, 0.2) is 36.5 Å². The molecular formula is C21H25N5O. The number of aromatic nitrogens is 3. The minimum Gasteiger partial charge on any atom is -0.351 e. The summed E-state index contributed by atoms with van der Waals surface area (Å²) in [5, 5.41) is 7.66. The van der Waals surface area contributed by atoms with Crippen LogP contribution < -0.4 is 5.32 Å². The summed E-state index contributed by atoms with van der Waals surface area (Å²) in [6, 6.07) is 10.1. The molecule has 27 heavy (non-hydrogen) atoms. The van der Waals surface area contributed by atoms with Crippen LogP contribution >= 0.6 is 0 Å². The molecule has 1 amide bonds. The van der Waals surface area contributed by atoms with Gasteiger partial charge in [0.25, 0.3) is 5.91 Å². The summed E-state index contributed by atoms with van der Waals surface area (Å²) in [6.45, 7) is 7.73. The van der Waals surface area contributed by atoms with Crippen LogP contribution in [0.2, 0.25) is 0 Å². The largest absolute Gasteiger partial charge is 0.351 e. The SMILES string of the molecule is Cc1nn2c(C)c(C(=O)NCCN3CCCC3)cnc2c1-c1ccccc1. The highest BCUT2D eigenvalue weighted by Crippen LogP contribution is 2.27. The van der Waals surface area contributed by atoms with E-state index < -0.39 is 0 Å². The van der Waals surface area contributed by atoms with E-state index in [1.807, 2.05) is 32.0 Å². The van der Waals surface area contributed by atoms with Crippen LogP contribution in [0, 0.1) is 13.8 Å². The van der Waals surface area contributed by atoms with Crippen LogP contribution in [-0.4, -0.2) is 51.6 Å². The van der Waals surface area contributed by atoms with E-state index in [1.165, 1.54) is 12.8 Å². The third kappa shape index (κ3) is 3.45. The first-order chi connectivity index (χ1) is 13.1. The van der Waals surface area contributed by atoms with Crippen molar-refractivity contribution in [1.29, 1.82) is 0 Å². The molecule has 0 bridgehead atoms.